The van der Waals surface area contributed by atoms with Gasteiger partial charge in [0.15, 0.2) is 5.69 Å². The van der Waals surface area contributed by atoms with Gasteiger partial charge in [0.2, 0.25) is 0 Å². The summed E-state index contributed by atoms with van der Waals surface area (Å²) in [4.78, 5) is 26.9. The van der Waals surface area contributed by atoms with Crippen molar-refractivity contribution in [3.8, 4) is 11.1 Å². The number of piperidine rings is 2. The molecule has 3 N–H and O–H groups in total. The van der Waals surface area contributed by atoms with Crippen LogP contribution in [0.5, 0.6) is 0 Å². The first-order valence-electron chi connectivity index (χ1n) is 13.9. The molecule has 0 atom stereocenters. The Labute approximate surface area is 228 Å². The predicted octanol–water partition coefficient (Wildman–Crippen LogP) is 4.47. The predicted molar refractivity (Wildman–Crippen MR) is 153 cm³/mol. The van der Waals surface area contributed by atoms with Gasteiger partial charge >= 0.3 is 0 Å². The van der Waals surface area contributed by atoms with Crippen LogP contribution in [0.2, 0.25) is 0 Å². The summed E-state index contributed by atoms with van der Waals surface area (Å²) in [5, 5.41) is 20.8. The third-order valence-corrected chi connectivity index (χ3v) is 7.98. The van der Waals surface area contributed by atoms with E-state index in [4.69, 9.17) is 0 Å². The number of hydrogen-bond donors (Lipinski definition) is 3. The van der Waals surface area contributed by atoms with Crippen molar-refractivity contribution in [2.24, 2.45) is 5.92 Å². The number of likely N-dealkylation sites (tertiary alicyclic amines) is 1. The number of pyridine rings is 2. The van der Waals surface area contributed by atoms with E-state index in [0.29, 0.717) is 11.4 Å². The maximum Gasteiger partial charge on any atom is 0.276 e. The Kier molecular flexibility index (Phi) is 7.26. The standard InChI is InChI=1S/C30H35N7O2/c1-20-6-12-37(13-7-20)28-5-3-24(18-32-28)33-30(39)29-26-15-22(2-4-27(26)34-35-29)23-14-21(16-31-17-23)19-36-10-8-25(38)9-11-36/h2-5,14-18,20,25,38H,6-13,19H2,1H3,(H,33,39)(H,34,35). The molecule has 1 aromatic carbocycles. The number of aliphatic hydroxyl groups is 1. The Morgan fingerprint density at radius 1 is 1.00 bits per heavy atom. The number of nitrogens with one attached hydrogen (secondary N) is 2. The Hall–Kier alpha value is -3.82. The minimum absolute atomic E-state index is 0.182. The molecule has 2 aliphatic rings. The fourth-order valence-electron chi connectivity index (χ4n) is 5.51. The molecule has 2 saturated heterocycles. The van der Waals surface area contributed by atoms with Crippen molar-refractivity contribution >= 4 is 28.3 Å². The van der Waals surface area contributed by atoms with Gasteiger partial charge in [-0.25, -0.2) is 4.98 Å². The topological polar surface area (TPSA) is 110 Å². The second-order valence-corrected chi connectivity index (χ2v) is 11.0. The van der Waals surface area contributed by atoms with E-state index < -0.39 is 0 Å². The van der Waals surface area contributed by atoms with Crippen LogP contribution in [-0.2, 0) is 6.54 Å². The van der Waals surface area contributed by atoms with Crippen molar-refractivity contribution in [3.05, 3.63) is 66.2 Å². The minimum atomic E-state index is -0.279. The molecule has 0 bridgehead atoms. The van der Waals surface area contributed by atoms with Crippen LogP contribution >= 0.6 is 0 Å². The molecule has 0 spiro atoms. The number of aliphatic hydroxyl groups excluding tert-OH is 1. The Morgan fingerprint density at radius 3 is 2.59 bits per heavy atom. The third-order valence-electron chi connectivity index (χ3n) is 7.98. The normalized spacial score (nSPS) is 17.5. The number of aromatic amines is 1. The van der Waals surface area contributed by atoms with E-state index >= 15 is 0 Å². The molecule has 6 rings (SSSR count). The van der Waals surface area contributed by atoms with Gasteiger partial charge in [-0.3, -0.25) is 19.8 Å². The van der Waals surface area contributed by atoms with Crippen molar-refractivity contribution in [2.75, 3.05) is 36.4 Å². The van der Waals surface area contributed by atoms with Crippen molar-refractivity contribution in [2.45, 2.75) is 45.3 Å². The number of rotatable bonds is 6. The average Bonchev–Trinajstić information content (AvgIpc) is 3.39. The second-order valence-electron chi connectivity index (χ2n) is 11.0. The number of carbonyl (C=O) groups is 1. The molecule has 2 aliphatic heterocycles. The Morgan fingerprint density at radius 2 is 1.82 bits per heavy atom. The Balaban J connectivity index is 1.16. The molecule has 1 amide bonds. The van der Waals surface area contributed by atoms with Gasteiger partial charge in [-0.15, -0.1) is 0 Å². The monoisotopic (exact) mass is 525 g/mol. The van der Waals surface area contributed by atoms with Crippen LogP contribution in [-0.4, -0.2) is 68.4 Å². The van der Waals surface area contributed by atoms with Gasteiger partial charge in [0.05, 0.1) is 23.5 Å². The van der Waals surface area contributed by atoms with E-state index in [1.54, 1.807) is 6.20 Å². The number of anilines is 2. The van der Waals surface area contributed by atoms with Gasteiger partial charge in [-0.1, -0.05) is 13.0 Å². The van der Waals surface area contributed by atoms with Crippen molar-refractivity contribution in [1.82, 2.24) is 25.1 Å². The number of hydrogen-bond acceptors (Lipinski definition) is 7. The number of fused-ring (bicyclic) bond motifs is 1. The summed E-state index contributed by atoms with van der Waals surface area (Å²) in [7, 11) is 0. The van der Waals surface area contributed by atoms with Crippen LogP contribution in [0, 0.1) is 5.92 Å². The van der Waals surface area contributed by atoms with Gasteiger partial charge in [0.1, 0.15) is 5.82 Å². The minimum Gasteiger partial charge on any atom is -0.393 e. The number of H-pyrrole nitrogens is 1. The van der Waals surface area contributed by atoms with Gasteiger partial charge in [-0.05, 0) is 73.1 Å². The highest BCUT2D eigenvalue weighted by Gasteiger charge is 2.19. The first kappa shape index (κ1) is 25.5. The molecular formula is C30H35N7O2. The number of benzene rings is 1. The van der Waals surface area contributed by atoms with E-state index in [1.807, 2.05) is 42.7 Å². The summed E-state index contributed by atoms with van der Waals surface area (Å²) in [5.41, 5.74) is 4.88. The van der Waals surface area contributed by atoms with Crippen LogP contribution in [0.3, 0.4) is 0 Å². The number of carbonyl (C=O) groups excluding carboxylic acids is 1. The van der Waals surface area contributed by atoms with E-state index in [2.05, 4.69) is 48.3 Å². The first-order valence-corrected chi connectivity index (χ1v) is 13.9. The largest absolute Gasteiger partial charge is 0.393 e. The van der Waals surface area contributed by atoms with Crippen LogP contribution in [0.15, 0.2) is 55.0 Å². The molecule has 202 valence electrons. The summed E-state index contributed by atoms with van der Waals surface area (Å²) in [6.07, 6.45) is 9.26. The molecule has 0 unspecified atom stereocenters. The lowest BCUT2D eigenvalue weighted by atomic mass is 9.99. The maximum atomic E-state index is 13.2. The van der Waals surface area contributed by atoms with Crippen LogP contribution in [0.25, 0.3) is 22.0 Å². The zero-order valence-corrected chi connectivity index (χ0v) is 22.3. The molecule has 5 heterocycles. The summed E-state index contributed by atoms with van der Waals surface area (Å²) < 4.78 is 0. The molecule has 9 nitrogen and oxygen atoms in total. The third kappa shape index (κ3) is 5.79. The molecular weight excluding hydrogens is 490 g/mol. The van der Waals surface area contributed by atoms with Gasteiger partial charge < -0.3 is 15.3 Å². The van der Waals surface area contributed by atoms with Gasteiger partial charge in [-0.2, -0.15) is 5.10 Å². The molecule has 0 aliphatic carbocycles. The molecule has 9 heteroatoms. The summed E-state index contributed by atoms with van der Waals surface area (Å²) >= 11 is 0. The van der Waals surface area contributed by atoms with E-state index in [1.165, 1.54) is 12.8 Å². The van der Waals surface area contributed by atoms with Crippen LogP contribution < -0.4 is 10.2 Å². The van der Waals surface area contributed by atoms with Gasteiger partial charge in [0.25, 0.3) is 5.91 Å². The smallest absolute Gasteiger partial charge is 0.276 e. The van der Waals surface area contributed by atoms with Crippen LogP contribution in [0.1, 0.15) is 48.7 Å². The highest BCUT2D eigenvalue weighted by molar-refractivity contribution is 6.11. The zero-order valence-electron chi connectivity index (χ0n) is 22.3. The molecule has 4 aromatic rings. The highest BCUT2D eigenvalue weighted by atomic mass is 16.3. The molecule has 3 aromatic heterocycles. The van der Waals surface area contributed by atoms with Crippen molar-refractivity contribution in [3.63, 3.8) is 0 Å². The Bertz CT molecular complexity index is 1440. The highest BCUT2D eigenvalue weighted by Crippen LogP contribution is 2.27. The first-order chi connectivity index (χ1) is 19.0. The molecule has 0 radical (unpaired) electrons. The van der Waals surface area contributed by atoms with Gasteiger partial charge in [0, 0.05) is 56.1 Å². The lowest BCUT2D eigenvalue weighted by Gasteiger charge is -2.31. The van der Waals surface area contributed by atoms with Crippen molar-refractivity contribution < 1.29 is 9.90 Å². The quantitative estimate of drug-likeness (QED) is 0.341. The summed E-state index contributed by atoms with van der Waals surface area (Å²) in [5.74, 6) is 1.43. The molecule has 39 heavy (non-hydrogen) atoms. The van der Waals surface area contributed by atoms with E-state index in [9.17, 15) is 9.90 Å². The number of amides is 1. The molecule has 0 saturated carbocycles. The van der Waals surface area contributed by atoms with Crippen LogP contribution in [0.4, 0.5) is 11.5 Å². The fraction of sp³-hybridized carbons (Fsp3) is 0.400. The summed E-state index contributed by atoms with van der Waals surface area (Å²) in [6.45, 7) is 6.91. The fourth-order valence-corrected chi connectivity index (χ4v) is 5.51. The lowest BCUT2D eigenvalue weighted by molar-refractivity contribution is 0.0792. The maximum absolute atomic E-state index is 13.2. The van der Waals surface area contributed by atoms with E-state index in [-0.39, 0.29) is 12.0 Å². The zero-order chi connectivity index (χ0) is 26.8. The number of nitrogens with zero attached hydrogens (tertiary/aromatic N) is 5. The van der Waals surface area contributed by atoms with Crippen molar-refractivity contribution in [1.29, 1.82) is 0 Å². The second kappa shape index (κ2) is 11.1. The van der Waals surface area contributed by atoms with E-state index in [0.717, 1.165) is 84.9 Å². The molecule has 2 fully saturated rings. The SMILES string of the molecule is CC1CCN(c2ccc(NC(=O)c3n[nH]c4ccc(-c5cncc(CN6CCC(O)CC6)c5)cc34)cn2)CC1. The average molecular weight is 526 g/mol. The summed E-state index contributed by atoms with van der Waals surface area (Å²) in [6, 6.07) is 12.0. The lowest BCUT2D eigenvalue weighted by Crippen LogP contribution is -2.35. The number of aromatic nitrogens is 4.